The second-order valence-electron chi connectivity index (χ2n) is 7.23. The third-order valence-corrected chi connectivity index (χ3v) is 4.84. The molecule has 0 spiro atoms. The van der Waals surface area contributed by atoms with Gasteiger partial charge in [-0.15, -0.1) is 0 Å². The summed E-state index contributed by atoms with van der Waals surface area (Å²) in [7, 11) is 0. The lowest BCUT2D eigenvalue weighted by molar-refractivity contribution is -0.123. The Morgan fingerprint density at radius 3 is 2.46 bits per heavy atom. The van der Waals surface area contributed by atoms with E-state index in [0.29, 0.717) is 16.8 Å². The van der Waals surface area contributed by atoms with Gasteiger partial charge in [-0.1, -0.05) is 35.5 Å². The zero-order chi connectivity index (χ0) is 24.9. The monoisotopic (exact) mass is 481 g/mol. The number of alkyl halides is 2. The summed E-state index contributed by atoms with van der Waals surface area (Å²) < 4.78 is 39.0. The fourth-order valence-corrected chi connectivity index (χ4v) is 3.24. The first-order valence-electron chi connectivity index (χ1n) is 10.2. The van der Waals surface area contributed by atoms with Crippen LogP contribution in [0.1, 0.15) is 26.4 Å². The fraction of sp³-hybridized carbons (Fsp3) is 0.125. The number of aryl methyl sites for hydroxylation is 1. The van der Waals surface area contributed by atoms with Crippen molar-refractivity contribution in [1.82, 2.24) is 15.5 Å². The van der Waals surface area contributed by atoms with Crippen molar-refractivity contribution in [3.8, 4) is 17.0 Å². The zero-order valence-electron chi connectivity index (χ0n) is 18.2. The van der Waals surface area contributed by atoms with Gasteiger partial charge in [0, 0.05) is 11.1 Å². The Labute approximate surface area is 196 Å². The molecule has 0 bridgehead atoms. The number of nitrogens with zero attached hydrogens (tertiary/aromatic N) is 2. The van der Waals surface area contributed by atoms with Crippen LogP contribution >= 0.6 is 0 Å². The number of esters is 1. The van der Waals surface area contributed by atoms with E-state index < -0.39 is 31.0 Å². The Morgan fingerprint density at radius 2 is 1.77 bits per heavy atom. The molecule has 178 valence electrons. The minimum Gasteiger partial charge on any atom is -0.452 e. The number of ether oxygens (including phenoxy) is 2. The molecule has 2 heterocycles. The summed E-state index contributed by atoms with van der Waals surface area (Å²) in [6, 6.07) is 15.3. The van der Waals surface area contributed by atoms with Crippen LogP contribution in [0.5, 0.6) is 5.75 Å². The molecule has 0 atom stereocenters. The summed E-state index contributed by atoms with van der Waals surface area (Å²) in [6.07, 6.45) is 0. The number of halogens is 2. The number of aromatic nitrogens is 2. The lowest BCUT2D eigenvalue weighted by Gasteiger charge is -2.09. The molecule has 0 aliphatic rings. The first-order valence-corrected chi connectivity index (χ1v) is 10.2. The molecule has 1 N–H and O–H groups in total. The van der Waals surface area contributed by atoms with E-state index in [9.17, 15) is 23.2 Å². The molecule has 0 saturated heterocycles. The summed E-state index contributed by atoms with van der Waals surface area (Å²) >= 11 is 0. The van der Waals surface area contributed by atoms with Crippen molar-refractivity contribution in [2.24, 2.45) is 0 Å². The Balaban J connectivity index is 1.44. The van der Waals surface area contributed by atoms with Gasteiger partial charge >= 0.3 is 12.6 Å². The van der Waals surface area contributed by atoms with E-state index in [1.807, 2.05) is 18.2 Å². The van der Waals surface area contributed by atoms with Crippen molar-refractivity contribution >= 4 is 28.9 Å². The van der Waals surface area contributed by atoms with Gasteiger partial charge in [-0.25, -0.2) is 9.78 Å². The molecule has 2 amide bonds. The van der Waals surface area contributed by atoms with Crippen LogP contribution in [-0.2, 0) is 9.53 Å². The lowest BCUT2D eigenvalue weighted by Crippen LogP contribution is -2.34. The lowest BCUT2D eigenvalue weighted by atomic mass is 10.1. The third-order valence-electron chi connectivity index (χ3n) is 4.84. The maximum absolute atomic E-state index is 12.8. The molecule has 0 radical (unpaired) electrons. The van der Waals surface area contributed by atoms with Crippen LogP contribution < -0.4 is 10.1 Å². The van der Waals surface area contributed by atoms with Gasteiger partial charge < -0.3 is 14.0 Å². The third kappa shape index (κ3) is 5.46. The first-order chi connectivity index (χ1) is 16.8. The van der Waals surface area contributed by atoms with E-state index in [-0.39, 0.29) is 22.6 Å². The predicted octanol–water partition coefficient (Wildman–Crippen LogP) is 3.91. The molecule has 4 rings (SSSR count). The van der Waals surface area contributed by atoms with E-state index in [1.165, 1.54) is 18.2 Å². The number of pyridine rings is 1. The van der Waals surface area contributed by atoms with Crippen LogP contribution in [0, 0.1) is 6.92 Å². The number of hydrogen-bond acceptors (Lipinski definition) is 8. The maximum Gasteiger partial charge on any atom is 0.387 e. The van der Waals surface area contributed by atoms with Gasteiger partial charge in [-0.05, 0) is 37.3 Å². The molecular formula is C24H17F2N3O6. The SMILES string of the molecule is Cc1noc2nc(-c3ccccc3)cc(C(=O)OCC(=O)NC(=O)c3ccc(OC(F)F)cc3)c12. The molecule has 0 aliphatic carbocycles. The summed E-state index contributed by atoms with van der Waals surface area (Å²) in [5.74, 6) is -2.66. The predicted molar refractivity (Wildman–Crippen MR) is 118 cm³/mol. The summed E-state index contributed by atoms with van der Waals surface area (Å²) in [5, 5.41) is 6.25. The Kier molecular flexibility index (Phi) is 6.76. The molecule has 4 aromatic rings. The Hall–Kier alpha value is -4.67. The molecule has 0 saturated carbocycles. The average molecular weight is 481 g/mol. The number of carbonyl (C=O) groups excluding carboxylic acids is 3. The normalized spacial score (nSPS) is 10.9. The van der Waals surface area contributed by atoms with Crippen molar-refractivity contribution in [2.45, 2.75) is 13.5 Å². The maximum atomic E-state index is 12.8. The molecule has 11 heteroatoms. The van der Waals surface area contributed by atoms with Gasteiger partial charge in [0.2, 0.25) is 0 Å². The quantitative estimate of drug-likeness (QED) is 0.395. The van der Waals surface area contributed by atoms with Gasteiger partial charge in [-0.2, -0.15) is 8.78 Å². The van der Waals surface area contributed by atoms with Crippen LogP contribution in [0.4, 0.5) is 8.78 Å². The number of amides is 2. The topological polar surface area (TPSA) is 121 Å². The summed E-state index contributed by atoms with van der Waals surface area (Å²) in [6.45, 7) is -2.11. The van der Waals surface area contributed by atoms with Crippen LogP contribution in [-0.4, -0.2) is 41.1 Å². The van der Waals surface area contributed by atoms with Crippen LogP contribution in [0.25, 0.3) is 22.4 Å². The van der Waals surface area contributed by atoms with Crippen LogP contribution in [0.15, 0.2) is 65.2 Å². The molecule has 0 unspecified atom stereocenters. The van der Waals surface area contributed by atoms with E-state index in [2.05, 4.69) is 20.2 Å². The fourth-order valence-electron chi connectivity index (χ4n) is 3.24. The number of benzene rings is 2. The summed E-state index contributed by atoms with van der Waals surface area (Å²) in [4.78, 5) is 41.6. The van der Waals surface area contributed by atoms with Crippen LogP contribution in [0.2, 0.25) is 0 Å². The number of imide groups is 1. The number of rotatable bonds is 7. The molecular weight excluding hydrogens is 464 g/mol. The highest BCUT2D eigenvalue weighted by molar-refractivity contribution is 6.07. The molecule has 2 aromatic heterocycles. The van der Waals surface area contributed by atoms with Gasteiger partial charge in [0.1, 0.15) is 5.75 Å². The molecule has 2 aromatic carbocycles. The van der Waals surface area contributed by atoms with Gasteiger partial charge in [0.05, 0.1) is 22.3 Å². The largest absolute Gasteiger partial charge is 0.452 e. The smallest absolute Gasteiger partial charge is 0.387 e. The van der Waals surface area contributed by atoms with E-state index >= 15 is 0 Å². The first kappa shape index (κ1) is 23.5. The Bertz CT molecular complexity index is 1390. The van der Waals surface area contributed by atoms with Crippen molar-refractivity contribution in [3.63, 3.8) is 0 Å². The molecule has 0 fully saturated rings. The van der Waals surface area contributed by atoms with Crippen molar-refractivity contribution in [2.75, 3.05) is 6.61 Å². The van der Waals surface area contributed by atoms with Crippen molar-refractivity contribution in [1.29, 1.82) is 0 Å². The van der Waals surface area contributed by atoms with E-state index in [4.69, 9.17) is 9.26 Å². The molecule has 35 heavy (non-hydrogen) atoms. The Morgan fingerprint density at radius 1 is 1.06 bits per heavy atom. The van der Waals surface area contributed by atoms with E-state index in [0.717, 1.165) is 17.7 Å². The zero-order valence-corrected chi connectivity index (χ0v) is 18.2. The average Bonchev–Trinajstić information content (AvgIpc) is 3.23. The van der Waals surface area contributed by atoms with Gasteiger partial charge in [0.15, 0.2) is 6.61 Å². The minimum atomic E-state index is -3.00. The van der Waals surface area contributed by atoms with Crippen LogP contribution in [0.3, 0.4) is 0 Å². The highest BCUT2D eigenvalue weighted by Gasteiger charge is 2.22. The minimum absolute atomic E-state index is 0.0229. The number of carbonyl (C=O) groups is 3. The number of nitrogens with one attached hydrogen (secondary N) is 1. The number of fused-ring (bicyclic) bond motifs is 1. The summed E-state index contributed by atoms with van der Waals surface area (Å²) in [5.41, 5.74) is 1.84. The van der Waals surface area contributed by atoms with Crippen molar-refractivity contribution < 1.29 is 37.2 Å². The highest BCUT2D eigenvalue weighted by Crippen LogP contribution is 2.27. The molecule has 9 nitrogen and oxygen atoms in total. The van der Waals surface area contributed by atoms with E-state index in [1.54, 1.807) is 19.1 Å². The standard InChI is InChI=1S/C24H17F2N3O6/c1-13-20-17(11-18(27-22(20)35-29-13)14-5-3-2-4-6-14)23(32)33-12-19(30)28-21(31)15-7-9-16(10-8-15)34-24(25)26/h2-11,24H,12H2,1H3,(H,28,30,31). The van der Waals surface area contributed by atoms with Gasteiger partial charge in [-0.3, -0.25) is 14.9 Å². The van der Waals surface area contributed by atoms with Crippen molar-refractivity contribution in [3.05, 3.63) is 77.5 Å². The second kappa shape index (κ2) is 10.1. The van der Waals surface area contributed by atoms with Gasteiger partial charge in [0.25, 0.3) is 17.5 Å². The highest BCUT2D eigenvalue weighted by atomic mass is 19.3. The number of hydrogen-bond donors (Lipinski definition) is 1. The molecule has 0 aliphatic heterocycles. The second-order valence-corrected chi connectivity index (χ2v) is 7.23.